The highest BCUT2D eigenvalue weighted by Gasteiger charge is 2.43. The van der Waals surface area contributed by atoms with E-state index >= 15 is 0 Å². The number of benzene rings is 2. The number of ether oxygens (including phenoxy) is 1. The molecule has 0 aliphatic carbocycles. The molecule has 2 aliphatic rings. The molecular weight excluding hydrogens is 577 g/mol. The minimum Gasteiger partial charge on any atom is -0.463 e. The molecule has 3 amide bonds. The van der Waals surface area contributed by atoms with Gasteiger partial charge < -0.3 is 15.0 Å². The lowest BCUT2D eigenvalue weighted by Crippen LogP contribution is -2.49. The summed E-state index contributed by atoms with van der Waals surface area (Å²) in [5.41, 5.74) is -1.11. The van der Waals surface area contributed by atoms with E-state index in [4.69, 9.17) is 4.74 Å². The van der Waals surface area contributed by atoms with Crippen LogP contribution in [0.3, 0.4) is 0 Å². The first kappa shape index (κ1) is 30.6. The van der Waals surface area contributed by atoms with Crippen molar-refractivity contribution >= 4 is 33.4 Å². The fraction of sp³-hybridized carbons (Fsp3) is 0.357. The maximum absolute atomic E-state index is 13.7. The molecule has 2 aromatic carbocycles. The number of esters is 1. The van der Waals surface area contributed by atoms with Crippen LogP contribution in [0.15, 0.2) is 53.7 Å². The lowest BCUT2D eigenvalue weighted by Gasteiger charge is -2.41. The van der Waals surface area contributed by atoms with Crippen molar-refractivity contribution in [3.63, 3.8) is 0 Å². The minimum atomic E-state index is -4.69. The molecular formula is C28H27F3N4O6S. The van der Waals surface area contributed by atoms with E-state index in [0.717, 1.165) is 28.0 Å². The summed E-state index contributed by atoms with van der Waals surface area (Å²) >= 11 is 0. The van der Waals surface area contributed by atoms with E-state index < -0.39 is 51.6 Å². The highest BCUT2D eigenvalue weighted by Crippen LogP contribution is 2.41. The number of alkyl halides is 3. The molecule has 2 unspecified atom stereocenters. The van der Waals surface area contributed by atoms with Crippen LogP contribution >= 0.6 is 0 Å². The molecule has 42 heavy (non-hydrogen) atoms. The van der Waals surface area contributed by atoms with Gasteiger partial charge in [0.1, 0.15) is 0 Å². The zero-order chi connectivity index (χ0) is 31.0. The standard InChI is InChI=1S/C28H27F3N4O6S/c1-4-41-26(37)23-16(2)35(20-7-5-6-18(13-20)28(29,30)31)27(38)34(3)24(23)21-9-8-17(14-32)12-22(21)25(36)33-19-10-11-42(39,40)15-19/h5-9,12-13,19,24H,4,10-11,15H2,1-3H3,(H,33,36). The van der Waals surface area contributed by atoms with Crippen molar-refractivity contribution in [1.29, 1.82) is 5.26 Å². The van der Waals surface area contributed by atoms with Crippen LogP contribution < -0.4 is 10.2 Å². The number of hydrogen-bond donors (Lipinski definition) is 1. The van der Waals surface area contributed by atoms with Crippen LogP contribution in [0.2, 0.25) is 0 Å². The van der Waals surface area contributed by atoms with Gasteiger partial charge >= 0.3 is 18.2 Å². The van der Waals surface area contributed by atoms with Gasteiger partial charge in [0.2, 0.25) is 0 Å². The van der Waals surface area contributed by atoms with Gasteiger partial charge in [-0.1, -0.05) is 12.1 Å². The van der Waals surface area contributed by atoms with Crippen molar-refractivity contribution in [2.45, 2.75) is 38.5 Å². The minimum absolute atomic E-state index is 0.0153. The molecule has 10 nitrogen and oxygen atoms in total. The molecule has 1 N–H and O–H groups in total. The molecule has 0 spiro atoms. The molecule has 0 radical (unpaired) electrons. The van der Waals surface area contributed by atoms with Gasteiger partial charge in [0.25, 0.3) is 5.91 Å². The van der Waals surface area contributed by atoms with Crippen LogP contribution in [0.25, 0.3) is 0 Å². The molecule has 14 heteroatoms. The second-order valence-corrected chi connectivity index (χ2v) is 12.1. The van der Waals surface area contributed by atoms with Gasteiger partial charge in [-0.3, -0.25) is 9.69 Å². The third-order valence-electron chi connectivity index (χ3n) is 7.10. The lowest BCUT2D eigenvalue weighted by atomic mass is 9.88. The van der Waals surface area contributed by atoms with Gasteiger partial charge in [-0.05, 0) is 56.2 Å². The van der Waals surface area contributed by atoms with Crippen molar-refractivity contribution in [1.82, 2.24) is 10.2 Å². The molecule has 0 aromatic heterocycles. The number of carbonyl (C=O) groups is 3. The van der Waals surface area contributed by atoms with Gasteiger partial charge in [0, 0.05) is 24.4 Å². The fourth-order valence-electron chi connectivity index (χ4n) is 5.11. The number of halogens is 3. The van der Waals surface area contributed by atoms with Gasteiger partial charge in [-0.2, -0.15) is 18.4 Å². The summed E-state index contributed by atoms with van der Waals surface area (Å²) in [6, 6.07) is 7.36. The summed E-state index contributed by atoms with van der Waals surface area (Å²) in [5.74, 6) is -1.93. The summed E-state index contributed by atoms with van der Waals surface area (Å²) in [5, 5.41) is 12.2. The zero-order valence-electron chi connectivity index (χ0n) is 22.9. The molecule has 1 fully saturated rings. The van der Waals surface area contributed by atoms with E-state index in [9.17, 15) is 41.2 Å². The zero-order valence-corrected chi connectivity index (χ0v) is 23.7. The number of urea groups is 1. The number of nitriles is 1. The van der Waals surface area contributed by atoms with Gasteiger partial charge in [0.05, 0.1) is 52.6 Å². The number of likely N-dealkylation sites (N-methyl/N-ethyl adjacent to an activating group) is 1. The van der Waals surface area contributed by atoms with Crippen molar-refractivity contribution in [2.24, 2.45) is 0 Å². The number of hydrogen-bond acceptors (Lipinski definition) is 7. The van der Waals surface area contributed by atoms with Crippen LogP contribution in [0.5, 0.6) is 0 Å². The number of rotatable bonds is 6. The van der Waals surface area contributed by atoms with Gasteiger partial charge in [-0.15, -0.1) is 0 Å². The third kappa shape index (κ3) is 5.96. The normalized spacial score (nSPS) is 20.4. The Kier molecular flexibility index (Phi) is 8.36. The van der Waals surface area contributed by atoms with Gasteiger partial charge in [0.15, 0.2) is 9.84 Å². The van der Waals surface area contributed by atoms with E-state index in [-0.39, 0.29) is 58.2 Å². The monoisotopic (exact) mass is 604 g/mol. The molecule has 2 aromatic rings. The highest BCUT2D eigenvalue weighted by molar-refractivity contribution is 7.91. The number of allylic oxidation sites excluding steroid dienone is 1. The Bertz CT molecular complexity index is 1630. The maximum atomic E-state index is 13.7. The van der Waals surface area contributed by atoms with Crippen LogP contribution in [0.1, 0.15) is 53.4 Å². The van der Waals surface area contributed by atoms with E-state index in [2.05, 4.69) is 5.32 Å². The fourth-order valence-corrected chi connectivity index (χ4v) is 6.79. The molecule has 2 heterocycles. The summed E-state index contributed by atoms with van der Waals surface area (Å²) in [6.45, 7) is 2.89. The van der Waals surface area contributed by atoms with E-state index in [1.54, 1.807) is 6.92 Å². The SMILES string of the molecule is CCOC(=O)C1=C(C)N(c2cccc(C(F)(F)F)c2)C(=O)N(C)C1c1ccc(C#N)cc1C(=O)NC1CCS(=O)(=O)C1. The van der Waals surface area contributed by atoms with Crippen molar-refractivity contribution < 1.29 is 40.7 Å². The Balaban J connectivity index is 1.87. The Labute approximate surface area is 240 Å². The molecule has 2 aliphatic heterocycles. The predicted molar refractivity (Wildman–Crippen MR) is 145 cm³/mol. The molecule has 1 saturated heterocycles. The van der Waals surface area contributed by atoms with E-state index in [0.29, 0.717) is 0 Å². The first-order chi connectivity index (χ1) is 19.7. The average molecular weight is 605 g/mol. The summed E-state index contributed by atoms with van der Waals surface area (Å²) in [7, 11) is -2.00. The third-order valence-corrected chi connectivity index (χ3v) is 8.86. The maximum Gasteiger partial charge on any atom is 0.416 e. The molecule has 0 saturated carbocycles. The Morgan fingerprint density at radius 3 is 2.50 bits per heavy atom. The van der Waals surface area contributed by atoms with Crippen LogP contribution in [0, 0.1) is 11.3 Å². The average Bonchev–Trinajstić information content (AvgIpc) is 3.27. The first-order valence-electron chi connectivity index (χ1n) is 12.9. The largest absolute Gasteiger partial charge is 0.463 e. The highest BCUT2D eigenvalue weighted by atomic mass is 32.2. The number of carbonyl (C=O) groups excluding carboxylic acids is 3. The Morgan fingerprint density at radius 2 is 1.90 bits per heavy atom. The van der Waals surface area contributed by atoms with Crippen molar-refractivity contribution in [2.75, 3.05) is 30.1 Å². The summed E-state index contributed by atoms with van der Waals surface area (Å²) in [6.07, 6.45) is -4.49. The van der Waals surface area contributed by atoms with Crippen molar-refractivity contribution in [3.05, 3.63) is 76.0 Å². The summed E-state index contributed by atoms with van der Waals surface area (Å²) in [4.78, 5) is 42.6. The number of anilines is 1. The predicted octanol–water partition coefficient (Wildman–Crippen LogP) is 3.94. The van der Waals surface area contributed by atoms with E-state index in [1.807, 2.05) is 6.07 Å². The number of amides is 3. The second-order valence-electron chi connectivity index (χ2n) is 9.89. The van der Waals surface area contributed by atoms with Crippen molar-refractivity contribution in [3.8, 4) is 6.07 Å². The first-order valence-corrected chi connectivity index (χ1v) is 14.7. The molecule has 0 bridgehead atoms. The Hall–Kier alpha value is -4.38. The van der Waals surface area contributed by atoms with Crippen LogP contribution in [-0.4, -0.2) is 62.4 Å². The second kappa shape index (κ2) is 11.5. The van der Waals surface area contributed by atoms with Crippen LogP contribution in [0.4, 0.5) is 23.7 Å². The lowest BCUT2D eigenvalue weighted by molar-refractivity contribution is -0.139. The van der Waals surface area contributed by atoms with E-state index in [1.165, 1.54) is 38.2 Å². The number of sulfone groups is 1. The number of nitrogens with one attached hydrogen (secondary N) is 1. The number of nitrogens with zero attached hydrogens (tertiary/aromatic N) is 3. The molecule has 4 rings (SSSR count). The topological polar surface area (TPSA) is 137 Å². The molecule has 222 valence electrons. The van der Waals surface area contributed by atoms with Crippen LogP contribution in [-0.2, 0) is 25.5 Å². The quantitative estimate of drug-likeness (QED) is 0.493. The summed E-state index contributed by atoms with van der Waals surface area (Å²) < 4.78 is 69.5. The Morgan fingerprint density at radius 1 is 1.19 bits per heavy atom. The molecule has 2 atom stereocenters. The smallest absolute Gasteiger partial charge is 0.416 e. The van der Waals surface area contributed by atoms with Gasteiger partial charge in [-0.25, -0.2) is 18.0 Å².